The Morgan fingerprint density at radius 1 is 1.24 bits per heavy atom. The summed E-state index contributed by atoms with van der Waals surface area (Å²) in [6.07, 6.45) is 6.53. The van der Waals surface area contributed by atoms with Gasteiger partial charge in [-0.05, 0) is 67.3 Å². The predicted octanol–water partition coefficient (Wildman–Crippen LogP) is 5.71. The van der Waals surface area contributed by atoms with Crippen LogP contribution in [0.4, 0.5) is 11.4 Å². The fraction of sp³-hybridized carbons (Fsp3) is 0.292. The minimum atomic E-state index is -0.0207. The summed E-state index contributed by atoms with van der Waals surface area (Å²) < 4.78 is 2.30. The Balaban J connectivity index is 1.67. The number of aromatic nitrogens is 1. The van der Waals surface area contributed by atoms with Crippen molar-refractivity contribution in [2.75, 3.05) is 16.8 Å². The molecule has 0 fully saturated rings. The molecule has 1 aromatic heterocycles. The van der Waals surface area contributed by atoms with Crippen LogP contribution in [0.3, 0.4) is 0 Å². The molecule has 0 spiro atoms. The van der Waals surface area contributed by atoms with E-state index in [9.17, 15) is 4.79 Å². The summed E-state index contributed by atoms with van der Waals surface area (Å²) in [6.45, 7) is 14.4. The molecule has 0 saturated carbocycles. The number of halogens is 1. The first-order valence-corrected chi connectivity index (χ1v) is 10.2. The molecule has 4 nitrogen and oxygen atoms in total. The number of anilines is 2. The van der Waals surface area contributed by atoms with Crippen molar-refractivity contribution >= 4 is 28.9 Å². The number of rotatable bonds is 7. The highest BCUT2D eigenvalue weighted by atomic mass is 35.5. The molecule has 2 aromatic rings. The zero-order valence-electron chi connectivity index (χ0n) is 17.2. The van der Waals surface area contributed by atoms with Crippen molar-refractivity contribution in [3.8, 4) is 0 Å². The molecule has 0 atom stereocenters. The van der Waals surface area contributed by atoms with Crippen LogP contribution in [0.15, 0.2) is 66.4 Å². The molecule has 1 aliphatic heterocycles. The van der Waals surface area contributed by atoms with Crippen LogP contribution in [0, 0.1) is 13.8 Å². The Morgan fingerprint density at radius 3 is 2.62 bits per heavy atom. The third-order valence-corrected chi connectivity index (χ3v) is 5.39. The van der Waals surface area contributed by atoms with E-state index in [0.29, 0.717) is 17.9 Å². The van der Waals surface area contributed by atoms with E-state index in [-0.39, 0.29) is 5.91 Å². The quantitative estimate of drug-likeness (QED) is 0.595. The van der Waals surface area contributed by atoms with Gasteiger partial charge in [0.15, 0.2) is 0 Å². The molecule has 1 aliphatic rings. The first-order chi connectivity index (χ1) is 13.9. The van der Waals surface area contributed by atoms with E-state index in [4.69, 9.17) is 11.6 Å². The number of hydrogen-bond acceptors (Lipinski definition) is 2. The molecular formula is C24H28ClN3O. The average molecular weight is 410 g/mol. The number of carbonyl (C=O) groups is 1. The second-order valence-corrected chi connectivity index (χ2v) is 7.97. The van der Waals surface area contributed by atoms with Crippen molar-refractivity contribution in [3.63, 3.8) is 0 Å². The molecule has 2 heterocycles. The Hall–Kier alpha value is -2.72. The lowest BCUT2D eigenvalue weighted by Gasteiger charge is -2.31. The summed E-state index contributed by atoms with van der Waals surface area (Å²) in [6, 6.07) is 8.59. The van der Waals surface area contributed by atoms with Gasteiger partial charge in [0.2, 0.25) is 5.91 Å². The number of benzene rings is 1. The highest BCUT2D eigenvalue weighted by molar-refractivity contribution is 6.30. The maximum atomic E-state index is 12.5. The van der Waals surface area contributed by atoms with Gasteiger partial charge in [0, 0.05) is 47.8 Å². The van der Waals surface area contributed by atoms with Crippen molar-refractivity contribution in [2.24, 2.45) is 0 Å². The van der Waals surface area contributed by atoms with Crippen molar-refractivity contribution in [1.82, 2.24) is 4.57 Å². The smallest absolute Gasteiger partial charge is 0.224 e. The first-order valence-electron chi connectivity index (χ1n) is 9.85. The van der Waals surface area contributed by atoms with E-state index in [1.165, 1.54) is 11.4 Å². The van der Waals surface area contributed by atoms with Crippen LogP contribution in [-0.2, 0) is 17.9 Å². The Bertz CT molecular complexity index is 947. The van der Waals surface area contributed by atoms with Gasteiger partial charge in [0.1, 0.15) is 0 Å². The summed E-state index contributed by atoms with van der Waals surface area (Å²) in [4.78, 5) is 14.9. The van der Waals surface area contributed by atoms with Crippen molar-refractivity contribution in [2.45, 2.75) is 39.8 Å². The lowest BCUT2D eigenvalue weighted by Crippen LogP contribution is -2.33. The molecule has 1 aromatic carbocycles. The lowest BCUT2D eigenvalue weighted by atomic mass is 10.1. The number of aryl methyl sites for hydroxylation is 2. The van der Waals surface area contributed by atoms with Crippen LogP contribution in [0.5, 0.6) is 0 Å². The normalized spacial score (nSPS) is 13.8. The highest BCUT2D eigenvalue weighted by Gasteiger charge is 2.18. The number of nitrogens with zero attached hydrogens (tertiary/aromatic N) is 2. The van der Waals surface area contributed by atoms with Gasteiger partial charge in [-0.2, -0.15) is 0 Å². The fourth-order valence-electron chi connectivity index (χ4n) is 3.75. The van der Waals surface area contributed by atoms with Gasteiger partial charge in [0.05, 0.1) is 6.54 Å². The monoisotopic (exact) mass is 409 g/mol. The Morgan fingerprint density at radius 2 is 1.97 bits per heavy atom. The van der Waals surface area contributed by atoms with Gasteiger partial charge < -0.3 is 14.8 Å². The summed E-state index contributed by atoms with van der Waals surface area (Å²) in [5, 5.41) is 3.51. The van der Waals surface area contributed by atoms with Gasteiger partial charge in [-0.1, -0.05) is 30.8 Å². The largest absolute Gasteiger partial charge is 0.364 e. The molecule has 0 aliphatic carbocycles. The molecule has 0 bridgehead atoms. The topological polar surface area (TPSA) is 37.3 Å². The Kier molecular flexibility index (Phi) is 6.65. The van der Waals surface area contributed by atoms with Crippen molar-refractivity contribution in [3.05, 3.63) is 83.2 Å². The van der Waals surface area contributed by atoms with Crippen LogP contribution >= 0.6 is 11.6 Å². The predicted molar refractivity (Wildman–Crippen MR) is 123 cm³/mol. The average Bonchev–Trinajstić information content (AvgIpc) is 3.15. The minimum Gasteiger partial charge on any atom is -0.364 e. The molecule has 0 radical (unpaired) electrons. The lowest BCUT2D eigenvalue weighted by molar-refractivity contribution is -0.116. The summed E-state index contributed by atoms with van der Waals surface area (Å²) in [7, 11) is 0. The van der Waals surface area contributed by atoms with E-state index in [1.807, 2.05) is 13.8 Å². The van der Waals surface area contributed by atoms with Crippen LogP contribution < -0.4 is 10.2 Å². The standard InChI is InChI=1S/C24H28ClN3O/c1-5-20(15-19(4)25)8-9-23(29)26-24-17(2)13-22(14-18(24)3)28-12-11-27-10-6-7-21(27)16-28/h5-7,10,13-15H,1,4,8-9,11-12,16H2,2-3H3,(H,26,29)/b20-15+. The Labute approximate surface area is 178 Å². The molecule has 1 N–H and O–H groups in total. The van der Waals surface area contributed by atoms with Crippen LogP contribution in [0.2, 0.25) is 0 Å². The molecule has 3 rings (SSSR count). The van der Waals surface area contributed by atoms with Gasteiger partial charge in [0.25, 0.3) is 0 Å². The summed E-state index contributed by atoms with van der Waals surface area (Å²) in [5.74, 6) is -0.0207. The van der Waals surface area contributed by atoms with Gasteiger partial charge in [-0.25, -0.2) is 0 Å². The van der Waals surface area contributed by atoms with Gasteiger partial charge in [-0.15, -0.1) is 0 Å². The van der Waals surface area contributed by atoms with Crippen LogP contribution in [-0.4, -0.2) is 17.0 Å². The number of hydrogen-bond donors (Lipinski definition) is 1. The van der Waals surface area contributed by atoms with E-state index < -0.39 is 0 Å². The highest BCUT2D eigenvalue weighted by Crippen LogP contribution is 2.29. The minimum absolute atomic E-state index is 0.0207. The SMILES string of the molecule is C=C/C(=C\C(=C)Cl)CCC(=O)Nc1c(C)cc(N2CCn3cccc3C2)cc1C. The third-order valence-electron chi connectivity index (χ3n) is 5.28. The summed E-state index contributed by atoms with van der Waals surface area (Å²) >= 11 is 5.81. The fourth-order valence-corrected chi connectivity index (χ4v) is 3.89. The van der Waals surface area contributed by atoms with Crippen molar-refractivity contribution < 1.29 is 4.79 Å². The second-order valence-electron chi connectivity index (χ2n) is 7.49. The zero-order valence-corrected chi connectivity index (χ0v) is 17.9. The maximum Gasteiger partial charge on any atom is 0.224 e. The first kappa shape index (κ1) is 21.0. The number of allylic oxidation sites excluding steroid dienone is 4. The number of fused-ring (bicyclic) bond motifs is 1. The third kappa shape index (κ3) is 5.21. The molecule has 1 amide bonds. The maximum absolute atomic E-state index is 12.5. The van der Waals surface area contributed by atoms with E-state index in [0.717, 1.165) is 42.0 Å². The van der Waals surface area contributed by atoms with Crippen molar-refractivity contribution in [1.29, 1.82) is 0 Å². The van der Waals surface area contributed by atoms with Crippen LogP contribution in [0.25, 0.3) is 0 Å². The molecule has 29 heavy (non-hydrogen) atoms. The number of nitrogens with one attached hydrogen (secondary N) is 1. The molecule has 0 unspecified atom stereocenters. The number of amides is 1. The number of carbonyl (C=O) groups excluding carboxylic acids is 1. The van der Waals surface area contributed by atoms with E-state index in [2.05, 4.69) is 58.4 Å². The molecule has 152 valence electrons. The van der Waals surface area contributed by atoms with E-state index >= 15 is 0 Å². The molecular weight excluding hydrogens is 382 g/mol. The second kappa shape index (κ2) is 9.19. The zero-order chi connectivity index (χ0) is 21.0. The molecule has 5 heteroatoms. The van der Waals surface area contributed by atoms with E-state index in [1.54, 1.807) is 12.2 Å². The summed E-state index contributed by atoms with van der Waals surface area (Å²) in [5.41, 5.74) is 6.47. The van der Waals surface area contributed by atoms with Gasteiger partial charge in [-0.3, -0.25) is 4.79 Å². The molecule has 0 saturated heterocycles. The van der Waals surface area contributed by atoms with Crippen LogP contribution in [0.1, 0.15) is 29.7 Å². The van der Waals surface area contributed by atoms with Gasteiger partial charge >= 0.3 is 0 Å².